The van der Waals surface area contributed by atoms with Gasteiger partial charge >= 0.3 is 5.97 Å². The zero-order chi connectivity index (χ0) is 21.8. The Labute approximate surface area is 187 Å². The van der Waals surface area contributed by atoms with Gasteiger partial charge in [0.2, 0.25) is 0 Å². The van der Waals surface area contributed by atoms with Gasteiger partial charge in [0, 0.05) is 11.8 Å². The first-order chi connectivity index (χ1) is 15.7. The Bertz CT molecular complexity index is 1340. The standard InChI is InChI=1S/C29H24O3/c1-31-19-14-11-18(12-15-19)24-26-22-10-6-5-9-21(22)23-16-13-17-7-3-4-8-20(17)25(23)27(26)28(24)29(30)32-2/h3-16,24,26-28H,1-2H3/t24-,26+,27+,28+/m1/s1. The Kier molecular flexibility index (Phi) is 4.32. The van der Waals surface area contributed by atoms with Gasteiger partial charge in [-0.3, -0.25) is 4.79 Å². The van der Waals surface area contributed by atoms with Crippen molar-refractivity contribution in [1.29, 1.82) is 0 Å². The number of hydrogen-bond acceptors (Lipinski definition) is 3. The maximum atomic E-state index is 13.2. The van der Waals surface area contributed by atoms with Gasteiger partial charge in [0.15, 0.2) is 0 Å². The van der Waals surface area contributed by atoms with E-state index < -0.39 is 0 Å². The zero-order valence-corrected chi connectivity index (χ0v) is 18.1. The van der Waals surface area contributed by atoms with Gasteiger partial charge in [0.25, 0.3) is 0 Å². The van der Waals surface area contributed by atoms with Crippen molar-refractivity contribution < 1.29 is 14.3 Å². The minimum Gasteiger partial charge on any atom is -0.497 e. The molecule has 0 aromatic heterocycles. The summed E-state index contributed by atoms with van der Waals surface area (Å²) in [6.45, 7) is 0. The second-order valence-electron chi connectivity index (χ2n) is 8.73. The van der Waals surface area contributed by atoms with Gasteiger partial charge in [0.05, 0.1) is 20.1 Å². The first kappa shape index (κ1) is 19.1. The maximum Gasteiger partial charge on any atom is 0.309 e. The molecule has 4 aromatic carbocycles. The van der Waals surface area contributed by atoms with Crippen LogP contribution < -0.4 is 4.74 Å². The molecule has 2 aliphatic rings. The van der Waals surface area contributed by atoms with Crippen LogP contribution in [-0.2, 0) is 9.53 Å². The van der Waals surface area contributed by atoms with Crippen LogP contribution in [0, 0.1) is 5.92 Å². The second kappa shape index (κ2) is 7.23. The third kappa shape index (κ3) is 2.57. The predicted molar refractivity (Wildman–Crippen MR) is 126 cm³/mol. The lowest BCUT2D eigenvalue weighted by Crippen LogP contribution is -2.48. The quantitative estimate of drug-likeness (QED) is 0.366. The van der Waals surface area contributed by atoms with Crippen LogP contribution in [0.2, 0.25) is 0 Å². The molecular weight excluding hydrogens is 396 g/mol. The minimum absolute atomic E-state index is 0.0617. The lowest BCUT2D eigenvalue weighted by Gasteiger charge is -2.54. The summed E-state index contributed by atoms with van der Waals surface area (Å²) >= 11 is 0. The number of fused-ring (bicyclic) bond motifs is 8. The van der Waals surface area contributed by atoms with Crippen molar-refractivity contribution in [2.24, 2.45) is 5.92 Å². The van der Waals surface area contributed by atoms with Crippen molar-refractivity contribution in [3.63, 3.8) is 0 Å². The Morgan fingerprint density at radius 3 is 2.25 bits per heavy atom. The largest absolute Gasteiger partial charge is 0.497 e. The van der Waals surface area contributed by atoms with Gasteiger partial charge in [-0.15, -0.1) is 0 Å². The van der Waals surface area contributed by atoms with E-state index in [1.54, 1.807) is 7.11 Å². The summed E-state index contributed by atoms with van der Waals surface area (Å²) in [7, 11) is 3.17. The Hall–Kier alpha value is -3.59. The van der Waals surface area contributed by atoms with Gasteiger partial charge in [0.1, 0.15) is 5.75 Å². The van der Waals surface area contributed by atoms with Gasteiger partial charge in [-0.1, -0.05) is 72.8 Å². The highest BCUT2D eigenvalue weighted by Crippen LogP contribution is 2.68. The monoisotopic (exact) mass is 420 g/mol. The molecule has 0 spiro atoms. The number of benzene rings is 4. The maximum absolute atomic E-state index is 13.2. The lowest BCUT2D eigenvalue weighted by molar-refractivity contribution is -0.151. The van der Waals surface area contributed by atoms with Crippen molar-refractivity contribution in [2.45, 2.75) is 17.8 Å². The van der Waals surface area contributed by atoms with Gasteiger partial charge in [-0.2, -0.15) is 0 Å². The molecule has 1 saturated carbocycles. The summed E-state index contributed by atoms with van der Waals surface area (Å²) in [5.74, 6) is 0.834. The Morgan fingerprint density at radius 1 is 0.719 bits per heavy atom. The molecule has 0 bridgehead atoms. The second-order valence-corrected chi connectivity index (χ2v) is 8.73. The molecule has 4 atom stereocenters. The van der Waals surface area contributed by atoms with Crippen molar-refractivity contribution in [3.8, 4) is 16.9 Å². The molecule has 0 amide bonds. The van der Waals surface area contributed by atoms with Crippen molar-refractivity contribution >= 4 is 16.7 Å². The number of methoxy groups -OCH3 is 2. The molecule has 0 saturated heterocycles. The summed E-state index contributed by atoms with van der Waals surface area (Å²) in [5, 5.41) is 2.44. The van der Waals surface area contributed by atoms with Crippen LogP contribution in [0.5, 0.6) is 5.75 Å². The highest BCUT2D eigenvalue weighted by atomic mass is 16.5. The summed E-state index contributed by atoms with van der Waals surface area (Å²) in [6.07, 6.45) is 0. The van der Waals surface area contributed by atoms with E-state index >= 15 is 0 Å². The zero-order valence-electron chi connectivity index (χ0n) is 18.1. The third-order valence-electron chi connectivity index (χ3n) is 7.44. The van der Waals surface area contributed by atoms with E-state index in [1.165, 1.54) is 40.1 Å². The predicted octanol–water partition coefficient (Wildman–Crippen LogP) is 6.28. The highest BCUT2D eigenvalue weighted by molar-refractivity contribution is 5.96. The molecule has 0 heterocycles. The van der Waals surface area contributed by atoms with Gasteiger partial charge in [-0.05, 0) is 56.6 Å². The lowest BCUT2D eigenvalue weighted by atomic mass is 9.47. The molecule has 3 heteroatoms. The summed E-state index contributed by atoms with van der Waals surface area (Å²) in [5.41, 5.74) is 6.27. The summed E-state index contributed by atoms with van der Waals surface area (Å²) in [4.78, 5) is 13.2. The number of esters is 1. The molecule has 0 unspecified atom stereocenters. The fourth-order valence-corrected chi connectivity index (χ4v) is 6.09. The van der Waals surface area contributed by atoms with Crippen LogP contribution in [0.1, 0.15) is 34.4 Å². The Morgan fingerprint density at radius 2 is 1.47 bits per heavy atom. The molecule has 0 radical (unpaired) electrons. The van der Waals surface area contributed by atoms with Gasteiger partial charge in [-0.25, -0.2) is 0 Å². The van der Waals surface area contributed by atoms with E-state index in [0.29, 0.717) is 0 Å². The van der Waals surface area contributed by atoms with E-state index in [0.717, 1.165) is 11.3 Å². The molecular formula is C29H24O3. The van der Waals surface area contributed by atoms with E-state index in [4.69, 9.17) is 9.47 Å². The Balaban J connectivity index is 1.61. The summed E-state index contributed by atoms with van der Waals surface area (Å²) in [6, 6.07) is 29.7. The minimum atomic E-state index is -0.226. The van der Waals surface area contributed by atoms with Crippen LogP contribution in [0.25, 0.3) is 21.9 Å². The topological polar surface area (TPSA) is 35.5 Å². The fraction of sp³-hybridized carbons (Fsp3) is 0.207. The van der Waals surface area contributed by atoms with E-state index in [2.05, 4.69) is 72.8 Å². The van der Waals surface area contributed by atoms with Gasteiger partial charge < -0.3 is 9.47 Å². The number of ether oxygens (including phenoxy) is 2. The first-order valence-corrected chi connectivity index (χ1v) is 11.1. The number of carbonyl (C=O) groups is 1. The van der Waals surface area contributed by atoms with Crippen LogP contribution >= 0.6 is 0 Å². The average molecular weight is 421 g/mol. The van der Waals surface area contributed by atoms with Crippen LogP contribution in [0.4, 0.5) is 0 Å². The van der Waals surface area contributed by atoms with E-state index in [1.807, 2.05) is 12.1 Å². The van der Waals surface area contributed by atoms with E-state index in [-0.39, 0.29) is 29.6 Å². The van der Waals surface area contributed by atoms with Crippen molar-refractivity contribution in [2.75, 3.05) is 14.2 Å². The van der Waals surface area contributed by atoms with Crippen molar-refractivity contribution in [1.82, 2.24) is 0 Å². The molecule has 0 aliphatic heterocycles. The first-order valence-electron chi connectivity index (χ1n) is 11.1. The molecule has 6 rings (SSSR count). The van der Waals surface area contributed by atoms with Crippen LogP contribution in [0.3, 0.4) is 0 Å². The third-order valence-corrected chi connectivity index (χ3v) is 7.44. The number of hydrogen-bond donors (Lipinski definition) is 0. The molecule has 32 heavy (non-hydrogen) atoms. The highest BCUT2D eigenvalue weighted by Gasteiger charge is 2.59. The van der Waals surface area contributed by atoms with E-state index in [9.17, 15) is 4.79 Å². The number of rotatable bonds is 3. The fourth-order valence-electron chi connectivity index (χ4n) is 6.09. The molecule has 4 aromatic rings. The molecule has 1 fully saturated rings. The van der Waals surface area contributed by atoms with Crippen LogP contribution in [-0.4, -0.2) is 20.2 Å². The SMILES string of the molecule is COC(=O)[C@@H]1[C@H]2c3c(ccc4ccccc34)-c3ccccc3[C@H]2[C@H]1c1ccc(OC)cc1. The molecule has 0 N–H and O–H groups in total. The average Bonchev–Trinajstić information content (AvgIpc) is 2.84. The van der Waals surface area contributed by atoms with Crippen molar-refractivity contribution in [3.05, 3.63) is 102 Å². The van der Waals surface area contributed by atoms with Crippen LogP contribution in [0.15, 0.2) is 84.9 Å². The molecule has 2 aliphatic carbocycles. The molecule has 3 nitrogen and oxygen atoms in total. The molecule has 158 valence electrons. The normalized spacial score (nSPS) is 22.8. The summed E-state index contributed by atoms with van der Waals surface area (Å²) < 4.78 is 10.7. The number of carbonyl (C=O) groups excluding carboxylic acids is 1. The smallest absolute Gasteiger partial charge is 0.309 e.